The summed E-state index contributed by atoms with van der Waals surface area (Å²) in [5.74, 6) is 1.95. The molecule has 138 valence electrons. The van der Waals surface area contributed by atoms with Crippen molar-refractivity contribution in [3.05, 3.63) is 60.2 Å². The van der Waals surface area contributed by atoms with Crippen LogP contribution in [0.2, 0.25) is 0 Å². The molecule has 1 fully saturated rings. The van der Waals surface area contributed by atoms with Gasteiger partial charge in [-0.25, -0.2) is 0 Å². The second kappa shape index (κ2) is 9.27. The van der Waals surface area contributed by atoms with E-state index < -0.39 is 0 Å². The highest BCUT2D eigenvalue weighted by Crippen LogP contribution is 2.23. The molecule has 4 nitrogen and oxygen atoms in total. The van der Waals surface area contributed by atoms with Gasteiger partial charge in [0.05, 0.1) is 0 Å². The second-order valence-electron chi connectivity index (χ2n) is 6.97. The molecule has 2 aromatic carbocycles. The maximum Gasteiger partial charge on any atom is 0.258 e. The summed E-state index contributed by atoms with van der Waals surface area (Å²) in [6.45, 7) is 2.79. The van der Waals surface area contributed by atoms with Crippen LogP contribution in [-0.2, 0) is 11.4 Å². The molecule has 0 bridgehead atoms. The van der Waals surface area contributed by atoms with Crippen LogP contribution < -0.4 is 14.8 Å². The maximum absolute atomic E-state index is 12.1. The molecule has 1 saturated carbocycles. The topological polar surface area (TPSA) is 47.6 Å². The van der Waals surface area contributed by atoms with Gasteiger partial charge in [0.2, 0.25) is 0 Å². The van der Waals surface area contributed by atoms with Gasteiger partial charge in [0, 0.05) is 6.04 Å². The van der Waals surface area contributed by atoms with Crippen LogP contribution in [-0.4, -0.2) is 18.6 Å². The molecule has 2 aromatic rings. The standard InChI is InChI=1S/C22H27NO3/c1-17-7-5-6-10-21(17)23-22(24)16-26-20-13-11-19(12-14-20)25-15-18-8-3-2-4-9-18/h2-4,8-9,11-14,17,21H,5-7,10,15-16H2,1H3,(H,23,24)/t17-,21+/m1/s1. The fraction of sp³-hybridized carbons (Fsp3) is 0.409. The zero-order valence-electron chi connectivity index (χ0n) is 15.3. The van der Waals surface area contributed by atoms with Crippen molar-refractivity contribution < 1.29 is 14.3 Å². The third kappa shape index (κ3) is 5.51. The van der Waals surface area contributed by atoms with Gasteiger partial charge in [-0.2, -0.15) is 0 Å². The number of carbonyl (C=O) groups is 1. The first-order chi connectivity index (χ1) is 12.7. The predicted octanol–water partition coefficient (Wildman–Crippen LogP) is 4.34. The number of hydrogen-bond donors (Lipinski definition) is 1. The van der Waals surface area contributed by atoms with E-state index in [1.54, 1.807) is 0 Å². The smallest absolute Gasteiger partial charge is 0.258 e. The minimum Gasteiger partial charge on any atom is -0.489 e. The molecule has 2 atom stereocenters. The largest absolute Gasteiger partial charge is 0.489 e. The molecule has 3 rings (SSSR count). The van der Waals surface area contributed by atoms with Crippen LogP contribution in [0.1, 0.15) is 38.2 Å². The Labute approximate surface area is 155 Å². The third-order valence-electron chi connectivity index (χ3n) is 4.90. The average Bonchev–Trinajstić information content (AvgIpc) is 2.68. The summed E-state index contributed by atoms with van der Waals surface area (Å²) >= 11 is 0. The van der Waals surface area contributed by atoms with Gasteiger partial charge in [-0.15, -0.1) is 0 Å². The Morgan fingerprint density at radius 2 is 1.62 bits per heavy atom. The lowest BCUT2D eigenvalue weighted by atomic mass is 9.86. The van der Waals surface area contributed by atoms with Crippen LogP contribution >= 0.6 is 0 Å². The molecule has 1 N–H and O–H groups in total. The lowest BCUT2D eigenvalue weighted by Gasteiger charge is -2.29. The summed E-state index contributed by atoms with van der Waals surface area (Å²) in [5, 5.41) is 3.10. The van der Waals surface area contributed by atoms with Crippen LogP contribution in [0.4, 0.5) is 0 Å². The second-order valence-corrected chi connectivity index (χ2v) is 6.97. The number of ether oxygens (including phenoxy) is 2. The van der Waals surface area contributed by atoms with E-state index in [1.165, 1.54) is 19.3 Å². The molecule has 0 radical (unpaired) electrons. The Bertz CT molecular complexity index is 684. The fourth-order valence-corrected chi connectivity index (χ4v) is 3.30. The number of hydrogen-bond acceptors (Lipinski definition) is 3. The highest BCUT2D eigenvalue weighted by Gasteiger charge is 2.22. The van der Waals surface area contributed by atoms with Crippen LogP contribution in [0.25, 0.3) is 0 Å². The van der Waals surface area contributed by atoms with E-state index in [0.29, 0.717) is 18.3 Å². The summed E-state index contributed by atoms with van der Waals surface area (Å²) in [4.78, 5) is 12.1. The minimum absolute atomic E-state index is 0.0480. The van der Waals surface area contributed by atoms with E-state index in [4.69, 9.17) is 9.47 Å². The number of rotatable bonds is 7. The van der Waals surface area contributed by atoms with E-state index in [2.05, 4.69) is 12.2 Å². The molecular formula is C22H27NO3. The van der Waals surface area contributed by atoms with E-state index in [9.17, 15) is 4.79 Å². The summed E-state index contributed by atoms with van der Waals surface area (Å²) in [6.07, 6.45) is 4.72. The minimum atomic E-state index is -0.0480. The number of amides is 1. The van der Waals surface area contributed by atoms with Crippen LogP contribution in [0.3, 0.4) is 0 Å². The van der Waals surface area contributed by atoms with E-state index >= 15 is 0 Å². The highest BCUT2D eigenvalue weighted by molar-refractivity contribution is 5.77. The summed E-state index contributed by atoms with van der Waals surface area (Å²) in [5.41, 5.74) is 1.13. The molecule has 4 heteroatoms. The Morgan fingerprint density at radius 1 is 0.962 bits per heavy atom. The third-order valence-corrected chi connectivity index (χ3v) is 4.90. The van der Waals surface area contributed by atoms with Crippen molar-refractivity contribution in [3.63, 3.8) is 0 Å². The monoisotopic (exact) mass is 353 g/mol. The number of benzene rings is 2. The van der Waals surface area contributed by atoms with Gasteiger partial charge in [-0.3, -0.25) is 4.79 Å². The van der Waals surface area contributed by atoms with Gasteiger partial charge < -0.3 is 14.8 Å². The van der Waals surface area contributed by atoms with Gasteiger partial charge in [0.1, 0.15) is 18.1 Å². The van der Waals surface area contributed by atoms with Crippen LogP contribution in [0.15, 0.2) is 54.6 Å². The molecule has 0 aromatic heterocycles. The van der Waals surface area contributed by atoms with Crippen molar-refractivity contribution in [1.82, 2.24) is 5.32 Å². The number of carbonyl (C=O) groups excluding carboxylic acids is 1. The molecule has 0 saturated heterocycles. The van der Waals surface area contributed by atoms with E-state index in [1.807, 2.05) is 54.6 Å². The summed E-state index contributed by atoms with van der Waals surface area (Å²) in [7, 11) is 0. The van der Waals surface area contributed by atoms with Crippen molar-refractivity contribution in [1.29, 1.82) is 0 Å². The van der Waals surface area contributed by atoms with Crippen molar-refractivity contribution >= 4 is 5.91 Å². The Morgan fingerprint density at radius 3 is 2.31 bits per heavy atom. The molecule has 1 aliphatic carbocycles. The Hall–Kier alpha value is -2.49. The van der Waals surface area contributed by atoms with E-state index in [-0.39, 0.29) is 18.6 Å². The summed E-state index contributed by atoms with van der Waals surface area (Å²) < 4.78 is 11.3. The van der Waals surface area contributed by atoms with E-state index in [0.717, 1.165) is 17.7 Å². The normalized spacial score (nSPS) is 19.6. The Balaban J connectivity index is 1.41. The molecule has 0 unspecified atom stereocenters. The SMILES string of the molecule is C[C@@H]1CCCC[C@@H]1NC(=O)COc1ccc(OCc2ccccc2)cc1. The quantitative estimate of drug-likeness (QED) is 0.805. The van der Waals surface area contributed by atoms with Gasteiger partial charge >= 0.3 is 0 Å². The molecule has 0 aliphatic heterocycles. The van der Waals surface area contributed by atoms with Crippen molar-refractivity contribution in [2.24, 2.45) is 5.92 Å². The van der Waals surface area contributed by atoms with Crippen LogP contribution in [0.5, 0.6) is 11.5 Å². The fourth-order valence-electron chi connectivity index (χ4n) is 3.30. The van der Waals surface area contributed by atoms with Gasteiger partial charge in [0.15, 0.2) is 6.61 Å². The zero-order valence-corrected chi connectivity index (χ0v) is 15.3. The molecular weight excluding hydrogens is 326 g/mol. The van der Waals surface area contributed by atoms with Gasteiger partial charge in [-0.1, -0.05) is 50.1 Å². The molecule has 0 spiro atoms. The van der Waals surface area contributed by atoms with Crippen molar-refractivity contribution in [3.8, 4) is 11.5 Å². The Kier molecular flexibility index (Phi) is 6.53. The van der Waals surface area contributed by atoms with Crippen molar-refractivity contribution in [2.75, 3.05) is 6.61 Å². The van der Waals surface area contributed by atoms with Gasteiger partial charge in [-0.05, 0) is 48.6 Å². The first kappa shape index (κ1) is 18.3. The first-order valence-electron chi connectivity index (χ1n) is 9.39. The first-order valence-corrected chi connectivity index (χ1v) is 9.39. The maximum atomic E-state index is 12.1. The molecule has 1 amide bonds. The lowest BCUT2D eigenvalue weighted by Crippen LogP contribution is -2.43. The summed E-state index contributed by atoms with van der Waals surface area (Å²) in [6, 6.07) is 17.7. The van der Waals surface area contributed by atoms with Crippen molar-refractivity contribution in [2.45, 2.75) is 45.3 Å². The lowest BCUT2D eigenvalue weighted by molar-refractivity contribution is -0.124. The number of nitrogens with one attached hydrogen (secondary N) is 1. The predicted molar refractivity (Wildman–Crippen MR) is 102 cm³/mol. The molecule has 26 heavy (non-hydrogen) atoms. The van der Waals surface area contributed by atoms with Gasteiger partial charge in [0.25, 0.3) is 5.91 Å². The zero-order chi connectivity index (χ0) is 18.2. The molecule has 1 aliphatic rings. The van der Waals surface area contributed by atoms with Crippen LogP contribution in [0, 0.1) is 5.92 Å². The molecule has 0 heterocycles. The average molecular weight is 353 g/mol. The highest BCUT2D eigenvalue weighted by atomic mass is 16.5.